The number of aromatic nitrogens is 2. The van der Waals surface area contributed by atoms with Crippen LogP contribution in [-0.4, -0.2) is 58.9 Å². The summed E-state index contributed by atoms with van der Waals surface area (Å²) in [6.45, 7) is 12.3. The Balaban J connectivity index is 1.72. The van der Waals surface area contributed by atoms with Crippen LogP contribution in [0.1, 0.15) is 55.2 Å². The number of aliphatic imine (C=N–C) groups is 1. The molecule has 1 unspecified atom stereocenters. The van der Waals surface area contributed by atoms with Crippen LogP contribution in [0.3, 0.4) is 0 Å². The zero-order valence-corrected chi connectivity index (χ0v) is 23.2. The predicted octanol–water partition coefficient (Wildman–Crippen LogP) is 4.28. The van der Waals surface area contributed by atoms with E-state index in [-0.39, 0.29) is 24.4 Å². The van der Waals surface area contributed by atoms with Gasteiger partial charge in [0.1, 0.15) is 0 Å². The zero-order chi connectivity index (χ0) is 27.6. The van der Waals surface area contributed by atoms with Gasteiger partial charge in [-0.25, -0.2) is 4.99 Å². The Labute approximate surface area is 224 Å². The number of amides is 2. The van der Waals surface area contributed by atoms with E-state index in [9.17, 15) is 9.59 Å². The molecule has 0 spiro atoms. The molecule has 200 valence electrons. The average Bonchev–Trinajstić information content (AvgIpc) is 3.28. The van der Waals surface area contributed by atoms with Crippen molar-refractivity contribution in [3.63, 3.8) is 0 Å². The van der Waals surface area contributed by atoms with E-state index in [1.807, 2.05) is 23.7 Å². The van der Waals surface area contributed by atoms with Crippen molar-refractivity contribution >= 4 is 28.4 Å². The van der Waals surface area contributed by atoms with Crippen molar-refractivity contribution in [1.82, 2.24) is 20.0 Å². The second-order valence-electron chi connectivity index (χ2n) is 10.6. The summed E-state index contributed by atoms with van der Waals surface area (Å²) in [4.78, 5) is 32.3. The maximum atomic E-state index is 13.6. The van der Waals surface area contributed by atoms with Crippen LogP contribution in [0.4, 0.5) is 0 Å². The fourth-order valence-corrected chi connectivity index (χ4v) is 5.04. The molecule has 8 heteroatoms. The molecule has 3 aromatic rings. The van der Waals surface area contributed by atoms with Crippen LogP contribution in [0.2, 0.25) is 0 Å². The molecule has 0 saturated carbocycles. The Hall–Kier alpha value is -3.62. The standard InChI is InChI=1S/C30H38N6O2/c1-18(2)36-28-14-23(24-12-22(8-7-19(24)3)17-35(6)10-9-31)13-25(27(28)16-33-36)29(37)32-15-26-20(4)11-21(5)34-30(26)38/h7-8,11-14,16,18,26H,9-10,15,17,31H2,1-6H3,(H,32,37). The van der Waals surface area contributed by atoms with E-state index in [1.54, 1.807) is 13.1 Å². The number of aryl methyl sites for hydroxylation is 1. The van der Waals surface area contributed by atoms with E-state index < -0.39 is 5.92 Å². The first kappa shape index (κ1) is 27.4. The van der Waals surface area contributed by atoms with Gasteiger partial charge in [0.05, 0.1) is 23.2 Å². The molecule has 0 saturated heterocycles. The molecule has 38 heavy (non-hydrogen) atoms. The van der Waals surface area contributed by atoms with Crippen LogP contribution in [0, 0.1) is 12.8 Å². The molecule has 2 amide bonds. The lowest BCUT2D eigenvalue weighted by molar-refractivity contribution is -0.120. The minimum absolute atomic E-state index is 0.129. The summed E-state index contributed by atoms with van der Waals surface area (Å²) in [6.07, 6.45) is 3.65. The fraction of sp³-hybridized carbons (Fsp3) is 0.400. The number of carbonyl (C=O) groups excluding carboxylic acids is 2. The van der Waals surface area contributed by atoms with Crippen LogP contribution < -0.4 is 11.1 Å². The molecule has 0 bridgehead atoms. The Kier molecular flexibility index (Phi) is 8.23. The molecule has 2 heterocycles. The van der Waals surface area contributed by atoms with Gasteiger partial charge in [-0.05, 0) is 88.2 Å². The van der Waals surface area contributed by atoms with E-state index in [2.05, 4.69) is 72.4 Å². The molecule has 0 fully saturated rings. The second-order valence-corrected chi connectivity index (χ2v) is 10.6. The normalized spacial score (nSPS) is 15.8. The highest BCUT2D eigenvalue weighted by Gasteiger charge is 2.25. The third kappa shape index (κ3) is 5.76. The van der Waals surface area contributed by atoms with Gasteiger partial charge < -0.3 is 16.0 Å². The molecule has 8 nitrogen and oxygen atoms in total. The number of nitrogens with one attached hydrogen (secondary N) is 1. The number of dihydropyridines is 1. The smallest absolute Gasteiger partial charge is 0.254 e. The maximum absolute atomic E-state index is 13.6. The topological polar surface area (TPSA) is 106 Å². The average molecular weight is 515 g/mol. The number of likely N-dealkylation sites (N-methyl/N-ethyl adjacent to an activating group) is 1. The Morgan fingerprint density at radius 3 is 2.63 bits per heavy atom. The number of rotatable bonds is 9. The van der Waals surface area contributed by atoms with E-state index in [0.29, 0.717) is 17.8 Å². The summed E-state index contributed by atoms with van der Waals surface area (Å²) >= 11 is 0. The number of allylic oxidation sites excluding steroid dienone is 1. The fourth-order valence-electron chi connectivity index (χ4n) is 5.04. The Morgan fingerprint density at radius 2 is 1.95 bits per heavy atom. The number of carbonyl (C=O) groups is 2. The molecule has 2 aromatic carbocycles. The van der Waals surface area contributed by atoms with Crippen LogP contribution in [0.5, 0.6) is 0 Å². The molecule has 3 N–H and O–H groups in total. The quantitative estimate of drug-likeness (QED) is 0.444. The molecule has 1 atom stereocenters. The first-order valence-electron chi connectivity index (χ1n) is 13.1. The van der Waals surface area contributed by atoms with Crippen LogP contribution in [-0.2, 0) is 11.3 Å². The monoisotopic (exact) mass is 514 g/mol. The molecule has 1 aromatic heterocycles. The number of nitrogens with zero attached hydrogens (tertiary/aromatic N) is 4. The summed E-state index contributed by atoms with van der Waals surface area (Å²) in [7, 11) is 2.06. The van der Waals surface area contributed by atoms with Crippen LogP contribution in [0.25, 0.3) is 22.0 Å². The van der Waals surface area contributed by atoms with Gasteiger partial charge >= 0.3 is 0 Å². The minimum Gasteiger partial charge on any atom is -0.351 e. The van der Waals surface area contributed by atoms with Crippen molar-refractivity contribution in [2.24, 2.45) is 16.6 Å². The molecule has 0 aliphatic carbocycles. The summed E-state index contributed by atoms with van der Waals surface area (Å²) < 4.78 is 1.94. The summed E-state index contributed by atoms with van der Waals surface area (Å²) in [5.74, 6) is -0.908. The van der Waals surface area contributed by atoms with Gasteiger partial charge in [0.25, 0.3) is 11.8 Å². The summed E-state index contributed by atoms with van der Waals surface area (Å²) in [5.41, 5.74) is 13.1. The highest BCUT2D eigenvalue weighted by molar-refractivity contribution is 6.09. The van der Waals surface area contributed by atoms with Crippen molar-refractivity contribution in [2.45, 2.75) is 47.2 Å². The zero-order valence-electron chi connectivity index (χ0n) is 23.2. The number of hydrogen-bond donors (Lipinski definition) is 2. The van der Waals surface area contributed by atoms with Gasteiger partial charge in [0, 0.05) is 43.3 Å². The molecule has 0 radical (unpaired) electrons. The van der Waals surface area contributed by atoms with Crippen molar-refractivity contribution in [1.29, 1.82) is 0 Å². The minimum atomic E-state index is -0.454. The van der Waals surface area contributed by atoms with Crippen LogP contribution in [0.15, 0.2) is 53.2 Å². The number of benzene rings is 2. The lowest BCUT2D eigenvalue weighted by Crippen LogP contribution is -2.34. The maximum Gasteiger partial charge on any atom is 0.254 e. The van der Waals surface area contributed by atoms with E-state index in [0.717, 1.165) is 46.3 Å². The van der Waals surface area contributed by atoms with Crippen molar-refractivity contribution in [3.8, 4) is 11.1 Å². The van der Waals surface area contributed by atoms with Gasteiger partial charge in [0.15, 0.2) is 0 Å². The Morgan fingerprint density at radius 1 is 1.18 bits per heavy atom. The lowest BCUT2D eigenvalue weighted by atomic mass is 9.94. The van der Waals surface area contributed by atoms with Crippen molar-refractivity contribution in [3.05, 3.63) is 64.9 Å². The SMILES string of the molecule is CC1=CC(C)=NC(=O)C1CNC(=O)c1cc(-c2cc(CN(C)CCN)ccc2C)cc2c1cnn2C(C)C. The largest absolute Gasteiger partial charge is 0.351 e. The van der Waals surface area contributed by atoms with Gasteiger partial charge in [-0.3, -0.25) is 14.3 Å². The Bertz CT molecular complexity index is 1430. The third-order valence-electron chi connectivity index (χ3n) is 7.06. The molecule has 1 aliphatic heterocycles. The van der Waals surface area contributed by atoms with E-state index in [1.165, 1.54) is 5.56 Å². The van der Waals surface area contributed by atoms with Gasteiger partial charge in [-0.1, -0.05) is 17.7 Å². The van der Waals surface area contributed by atoms with Crippen molar-refractivity contribution < 1.29 is 9.59 Å². The lowest BCUT2D eigenvalue weighted by Gasteiger charge is -2.19. The van der Waals surface area contributed by atoms with Gasteiger partial charge in [-0.2, -0.15) is 5.10 Å². The first-order chi connectivity index (χ1) is 18.1. The molecular weight excluding hydrogens is 476 g/mol. The van der Waals surface area contributed by atoms with Crippen LogP contribution >= 0.6 is 0 Å². The molecule has 4 rings (SSSR count). The highest BCUT2D eigenvalue weighted by Crippen LogP contribution is 2.32. The van der Waals surface area contributed by atoms with Gasteiger partial charge in [-0.15, -0.1) is 0 Å². The van der Waals surface area contributed by atoms with E-state index >= 15 is 0 Å². The predicted molar refractivity (Wildman–Crippen MR) is 153 cm³/mol. The number of nitrogens with two attached hydrogens (primary N) is 1. The first-order valence-corrected chi connectivity index (χ1v) is 13.1. The van der Waals surface area contributed by atoms with Crippen molar-refractivity contribution in [2.75, 3.05) is 26.7 Å². The third-order valence-corrected chi connectivity index (χ3v) is 7.06. The molecule has 1 aliphatic rings. The van der Waals surface area contributed by atoms with E-state index in [4.69, 9.17) is 5.73 Å². The number of fused-ring (bicyclic) bond motifs is 1. The highest BCUT2D eigenvalue weighted by atomic mass is 16.2. The van der Waals surface area contributed by atoms with Gasteiger partial charge in [0.2, 0.25) is 0 Å². The molecular formula is C30H38N6O2. The summed E-state index contributed by atoms with van der Waals surface area (Å²) in [5, 5.41) is 8.37. The number of hydrogen-bond acceptors (Lipinski definition) is 5. The second kappa shape index (κ2) is 11.4. The summed E-state index contributed by atoms with van der Waals surface area (Å²) in [6, 6.07) is 10.6.